The van der Waals surface area contributed by atoms with Crippen LogP contribution < -0.4 is 5.73 Å². The zero-order chi connectivity index (χ0) is 12.0. The number of hydrogen-bond donors (Lipinski definition) is 1. The summed E-state index contributed by atoms with van der Waals surface area (Å²) in [5.41, 5.74) is 6.89. The van der Waals surface area contributed by atoms with Gasteiger partial charge in [-0.05, 0) is 18.1 Å². The van der Waals surface area contributed by atoms with E-state index in [1.807, 2.05) is 0 Å². The van der Waals surface area contributed by atoms with E-state index >= 15 is 0 Å². The lowest BCUT2D eigenvalue weighted by Crippen LogP contribution is -2.12. The number of sulfone groups is 1. The van der Waals surface area contributed by atoms with Crippen molar-refractivity contribution in [3.63, 3.8) is 0 Å². The molecule has 0 saturated carbocycles. The SMILES string of the molecule is COCCCS(=O)(=O)Cc1ccccc1N. The molecule has 1 rings (SSSR count). The predicted molar refractivity (Wildman–Crippen MR) is 64.8 cm³/mol. The van der Waals surface area contributed by atoms with E-state index in [2.05, 4.69) is 0 Å². The van der Waals surface area contributed by atoms with Crippen LogP contribution in [0.25, 0.3) is 0 Å². The van der Waals surface area contributed by atoms with Crippen LogP contribution in [0.15, 0.2) is 24.3 Å². The molecule has 5 heteroatoms. The molecule has 0 spiro atoms. The molecule has 0 saturated heterocycles. The molecule has 4 nitrogen and oxygen atoms in total. The van der Waals surface area contributed by atoms with Crippen LogP contribution in [-0.4, -0.2) is 27.9 Å². The number of nitrogen functional groups attached to an aromatic ring is 1. The molecular formula is C11H17NO3S. The Kier molecular flexibility index (Phi) is 4.76. The van der Waals surface area contributed by atoms with Crippen molar-refractivity contribution < 1.29 is 13.2 Å². The molecule has 1 aromatic rings. The molecule has 0 unspecified atom stereocenters. The van der Waals surface area contributed by atoms with Gasteiger partial charge in [-0.3, -0.25) is 0 Å². The Hall–Kier alpha value is -1.07. The fraction of sp³-hybridized carbons (Fsp3) is 0.455. The molecule has 0 bridgehead atoms. The smallest absolute Gasteiger partial charge is 0.154 e. The first-order chi connectivity index (χ1) is 7.55. The van der Waals surface area contributed by atoms with Crippen LogP contribution in [0.4, 0.5) is 5.69 Å². The summed E-state index contributed by atoms with van der Waals surface area (Å²) in [4.78, 5) is 0. The fourth-order valence-electron chi connectivity index (χ4n) is 1.40. The third kappa shape index (κ3) is 4.20. The Balaban J connectivity index is 2.63. The van der Waals surface area contributed by atoms with Gasteiger partial charge in [0.25, 0.3) is 0 Å². The van der Waals surface area contributed by atoms with Gasteiger partial charge in [0.1, 0.15) is 0 Å². The Morgan fingerprint density at radius 2 is 2.00 bits per heavy atom. The molecule has 0 amide bonds. The second-order valence-corrected chi connectivity index (χ2v) is 5.82. The number of para-hydroxylation sites is 1. The minimum Gasteiger partial charge on any atom is -0.398 e. The first kappa shape index (κ1) is 13.0. The quantitative estimate of drug-likeness (QED) is 0.602. The van der Waals surface area contributed by atoms with Crippen molar-refractivity contribution in [2.24, 2.45) is 0 Å². The summed E-state index contributed by atoms with van der Waals surface area (Å²) >= 11 is 0. The predicted octanol–water partition coefficient (Wildman–Crippen LogP) is 1.22. The minimum absolute atomic E-state index is 0.00336. The summed E-state index contributed by atoms with van der Waals surface area (Å²) in [6, 6.07) is 7.02. The highest BCUT2D eigenvalue weighted by Gasteiger charge is 2.13. The van der Waals surface area contributed by atoms with Crippen LogP contribution in [0.3, 0.4) is 0 Å². The van der Waals surface area contributed by atoms with Crippen molar-refractivity contribution in [2.75, 3.05) is 25.2 Å². The molecule has 16 heavy (non-hydrogen) atoms. The van der Waals surface area contributed by atoms with Gasteiger partial charge in [-0.1, -0.05) is 18.2 Å². The van der Waals surface area contributed by atoms with E-state index in [1.54, 1.807) is 31.4 Å². The third-order valence-corrected chi connectivity index (χ3v) is 3.90. The van der Waals surface area contributed by atoms with Gasteiger partial charge < -0.3 is 10.5 Å². The van der Waals surface area contributed by atoms with Gasteiger partial charge >= 0.3 is 0 Å². The Bertz CT molecular complexity index is 429. The number of benzene rings is 1. The first-order valence-corrected chi connectivity index (χ1v) is 6.90. The van der Waals surface area contributed by atoms with Gasteiger partial charge in [-0.25, -0.2) is 8.42 Å². The van der Waals surface area contributed by atoms with Crippen LogP contribution >= 0.6 is 0 Å². The molecule has 0 atom stereocenters. The number of anilines is 1. The van der Waals surface area contributed by atoms with Gasteiger partial charge in [0, 0.05) is 19.4 Å². The molecule has 0 aliphatic rings. The second kappa shape index (κ2) is 5.86. The van der Waals surface area contributed by atoms with E-state index < -0.39 is 9.84 Å². The van der Waals surface area contributed by atoms with Gasteiger partial charge in [-0.2, -0.15) is 0 Å². The molecular weight excluding hydrogens is 226 g/mol. The first-order valence-electron chi connectivity index (χ1n) is 5.08. The van der Waals surface area contributed by atoms with Gasteiger partial charge in [0.2, 0.25) is 0 Å². The van der Waals surface area contributed by atoms with Crippen LogP contribution in [0.2, 0.25) is 0 Å². The average molecular weight is 243 g/mol. The largest absolute Gasteiger partial charge is 0.398 e. The molecule has 0 fully saturated rings. The van der Waals surface area contributed by atoms with E-state index in [9.17, 15) is 8.42 Å². The monoisotopic (exact) mass is 243 g/mol. The molecule has 0 aromatic heterocycles. The highest BCUT2D eigenvalue weighted by molar-refractivity contribution is 7.90. The average Bonchev–Trinajstić information content (AvgIpc) is 2.21. The van der Waals surface area contributed by atoms with E-state index in [-0.39, 0.29) is 11.5 Å². The lowest BCUT2D eigenvalue weighted by atomic mass is 10.2. The van der Waals surface area contributed by atoms with Crippen molar-refractivity contribution in [1.82, 2.24) is 0 Å². The van der Waals surface area contributed by atoms with Gasteiger partial charge in [0.15, 0.2) is 9.84 Å². The highest BCUT2D eigenvalue weighted by atomic mass is 32.2. The van der Waals surface area contributed by atoms with Crippen molar-refractivity contribution in [3.05, 3.63) is 29.8 Å². The van der Waals surface area contributed by atoms with Gasteiger partial charge in [0.05, 0.1) is 11.5 Å². The van der Waals surface area contributed by atoms with Crippen LogP contribution in [0, 0.1) is 0 Å². The lowest BCUT2D eigenvalue weighted by Gasteiger charge is -2.06. The molecule has 2 N–H and O–H groups in total. The summed E-state index contributed by atoms with van der Waals surface area (Å²) < 4.78 is 28.3. The number of methoxy groups -OCH3 is 1. The summed E-state index contributed by atoms with van der Waals surface area (Å²) in [6.07, 6.45) is 0.519. The molecule has 90 valence electrons. The molecule has 0 heterocycles. The number of hydrogen-bond acceptors (Lipinski definition) is 4. The van der Waals surface area contributed by atoms with Gasteiger partial charge in [-0.15, -0.1) is 0 Å². The van der Waals surface area contributed by atoms with E-state index in [1.165, 1.54) is 0 Å². The minimum atomic E-state index is -3.09. The number of nitrogens with two attached hydrogens (primary N) is 1. The third-order valence-electron chi connectivity index (χ3n) is 2.23. The maximum absolute atomic E-state index is 11.7. The topological polar surface area (TPSA) is 69.4 Å². The van der Waals surface area contributed by atoms with Crippen molar-refractivity contribution in [1.29, 1.82) is 0 Å². The Labute approximate surface area is 96.3 Å². The normalized spacial score (nSPS) is 11.6. The molecule has 0 radical (unpaired) electrons. The number of ether oxygens (including phenoxy) is 1. The Morgan fingerprint density at radius 1 is 1.31 bits per heavy atom. The van der Waals surface area contributed by atoms with Crippen LogP contribution in [0.5, 0.6) is 0 Å². The Morgan fingerprint density at radius 3 is 2.62 bits per heavy atom. The van der Waals surface area contributed by atoms with Crippen LogP contribution in [0.1, 0.15) is 12.0 Å². The van der Waals surface area contributed by atoms with Crippen molar-refractivity contribution >= 4 is 15.5 Å². The van der Waals surface area contributed by atoms with E-state index in [0.717, 1.165) is 0 Å². The van der Waals surface area contributed by atoms with Crippen LogP contribution in [-0.2, 0) is 20.3 Å². The molecule has 0 aliphatic heterocycles. The van der Waals surface area contributed by atoms with E-state index in [0.29, 0.717) is 24.3 Å². The summed E-state index contributed by atoms with van der Waals surface area (Å²) in [6.45, 7) is 0.462. The summed E-state index contributed by atoms with van der Waals surface area (Å²) in [7, 11) is -1.53. The molecule has 0 aliphatic carbocycles. The van der Waals surface area contributed by atoms with Crippen molar-refractivity contribution in [2.45, 2.75) is 12.2 Å². The second-order valence-electron chi connectivity index (χ2n) is 3.64. The zero-order valence-corrected chi connectivity index (χ0v) is 10.2. The summed E-state index contributed by atoms with van der Waals surface area (Å²) in [5, 5.41) is 0. The molecule has 1 aromatic carbocycles. The standard InChI is InChI=1S/C11H17NO3S/c1-15-7-4-8-16(13,14)9-10-5-2-3-6-11(10)12/h2-3,5-6H,4,7-9,12H2,1H3. The maximum Gasteiger partial charge on any atom is 0.154 e. The fourth-order valence-corrected chi connectivity index (χ4v) is 2.84. The van der Waals surface area contributed by atoms with Crippen molar-refractivity contribution in [3.8, 4) is 0 Å². The summed E-state index contributed by atoms with van der Waals surface area (Å²) in [5.74, 6) is 0.137. The van der Waals surface area contributed by atoms with E-state index in [4.69, 9.17) is 10.5 Å². The zero-order valence-electron chi connectivity index (χ0n) is 9.35. The lowest BCUT2D eigenvalue weighted by molar-refractivity contribution is 0.199. The highest BCUT2D eigenvalue weighted by Crippen LogP contribution is 2.14. The maximum atomic E-state index is 11.7. The number of rotatable bonds is 6.